The molecule has 3 aromatic carbocycles. The van der Waals surface area contributed by atoms with E-state index in [4.69, 9.17) is 9.15 Å². The van der Waals surface area contributed by atoms with E-state index in [9.17, 15) is 13.2 Å². The summed E-state index contributed by atoms with van der Waals surface area (Å²) in [6, 6.07) is 25.4. The number of carbonyl (C=O) groups is 1. The number of carbonyl (C=O) groups excluding carboxylic acids is 1. The average Bonchev–Trinajstić information content (AvgIpc) is 3.33. The van der Waals surface area contributed by atoms with Crippen LogP contribution in [0.4, 0.5) is 5.69 Å². The van der Waals surface area contributed by atoms with Gasteiger partial charge < -0.3 is 14.5 Å². The van der Waals surface area contributed by atoms with Gasteiger partial charge in [0.2, 0.25) is 10.0 Å². The molecule has 2 N–H and O–H groups in total. The summed E-state index contributed by atoms with van der Waals surface area (Å²) in [4.78, 5) is 12.6. The molecule has 1 amide bonds. The molecule has 0 unspecified atom stereocenters. The molecular weight excluding hydrogens is 428 g/mol. The van der Waals surface area contributed by atoms with Crippen molar-refractivity contribution in [3.63, 3.8) is 0 Å². The molecule has 4 rings (SSSR count). The van der Waals surface area contributed by atoms with Crippen LogP contribution in [0.1, 0.15) is 16.1 Å². The summed E-state index contributed by atoms with van der Waals surface area (Å²) in [5.41, 5.74) is 0.773. The van der Waals surface area contributed by atoms with Gasteiger partial charge in [0.15, 0.2) is 0 Å². The van der Waals surface area contributed by atoms with Gasteiger partial charge in [-0.15, -0.1) is 0 Å². The number of rotatable bonds is 8. The van der Waals surface area contributed by atoms with Crippen LogP contribution in [0.5, 0.6) is 11.5 Å². The van der Waals surface area contributed by atoms with Crippen LogP contribution in [-0.2, 0) is 16.6 Å². The lowest BCUT2D eigenvalue weighted by atomic mass is 10.2. The quantitative estimate of drug-likeness (QED) is 0.403. The number of benzene rings is 3. The topological polar surface area (TPSA) is 97.6 Å². The maximum Gasteiger partial charge on any atom is 0.255 e. The molecule has 0 aliphatic rings. The predicted octanol–water partition coefficient (Wildman–Crippen LogP) is 4.80. The molecule has 32 heavy (non-hydrogen) atoms. The van der Waals surface area contributed by atoms with Crippen molar-refractivity contribution < 1.29 is 22.4 Å². The SMILES string of the molecule is O=C(Nc1cccc(S(=O)(=O)NCc2ccco2)c1)c1ccc(Oc2ccccc2)cc1. The lowest BCUT2D eigenvalue weighted by molar-refractivity contribution is 0.102. The van der Waals surface area contributed by atoms with Crippen molar-refractivity contribution in [1.29, 1.82) is 0 Å². The van der Waals surface area contributed by atoms with E-state index >= 15 is 0 Å². The summed E-state index contributed by atoms with van der Waals surface area (Å²) < 4.78 is 38.4. The van der Waals surface area contributed by atoms with E-state index in [0.717, 1.165) is 0 Å². The van der Waals surface area contributed by atoms with Crippen molar-refractivity contribution in [2.24, 2.45) is 0 Å². The van der Waals surface area contributed by atoms with Crippen molar-refractivity contribution in [2.75, 3.05) is 5.32 Å². The third kappa shape index (κ3) is 5.42. The van der Waals surface area contributed by atoms with E-state index in [2.05, 4.69) is 10.0 Å². The number of ether oxygens (including phenoxy) is 1. The molecule has 0 aliphatic carbocycles. The van der Waals surface area contributed by atoms with Gasteiger partial charge in [-0.25, -0.2) is 13.1 Å². The van der Waals surface area contributed by atoms with Gasteiger partial charge in [-0.3, -0.25) is 4.79 Å². The number of furan rings is 1. The fourth-order valence-electron chi connectivity index (χ4n) is 2.91. The van der Waals surface area contributed by atoms with E-state index < -0.39 is 10.0 Å². The third-order valence-corrected chi connectivity index (χ3v) is 5.91. The van der Waals surface area contributed by atoms with Gasteiger partial charge in [0.05, 0.1) is 17.7 Å². The van der Waals surface area contributed by atoms with Crippen LogP contribution in [0.25, 0.3) is 0 Å². The second kappa shape index (κ2) is 9.51. The molecular formula is C24H20N2O5S. The highest BCUT2D eigenvalue weighted by Crippen LogP contribution is 2.22. The number of anilines is 1. The second-order valence-corrected chi connectivity index (χ2v) is 8.59. The van der Waals surface area contributed by atoms with Crippen LogP contribution >= 0.6 is 0 Å². The fraction of sp³-hybridized carbons (Fsp3) is 0.0417. The van der Waals surface area contributed by atoms with E-state index in [1.54, 1.807) is 48.5 Å². The minimum Gasteiger partial charge on any atom is -0.468 e. The molecule has 0 aliphatic heterocycles. The Hall–Kier alpha value is -3.88. The molecule has 1 aromatic heterocycles. The fourth-order valence-corrected chi connectivity index (χ4v) is 3.94. The van der Waals surface area contributed by atoms with Crippen LogP contribution in [-0.4, -0.2) is 14.3 Å². The smallest absolute Gasteiger partial charge is 0.255 e. The number of amides is 1. The minimum absolute atomic E-state index is 0.0311. The van der Waals surface area contributed by atoms with Gasteiger partial charge in [-0.1, -0.05) is 24.3 Å². The Balaban J connectivity index is 1.41. The predicted molar refractivity (Wildman–Crippen MR) is 120 cm³/mol. The molecule has 0 saturated heterocycles. The van der Waals surface area contributed by atoms with Gasteiger partial charge in [0.1, 0.15) is 17.3 Å². The summed E-state index contributed by atoms with van der Waals surface area (Å²) in [7, 11) is -3.77. The summed E-state index contributed by atoms with van der Waals surface area (Å²) in [6.45, 7) is 0.0311. The van der Waals surface area contributed by atoms with Crippen LogP contribution < -0.4 is 14.8 Å². The Morgan fingerprint density at radius 3 is 2.31 bits per heavy atom. The zero-order chi connectivity index (χ0) is 22.4. The standard InChI is InChI=1S/C24H20N2O5S/c27-24(18-11-13-21(14-12-18)31-20-7-2-1-3-8-20)26-19-6-4-10-23(16-19)32(28,29)25-17-22-9-5-15-30-22/h1-16,25H,17H2,(H,26,27). The maximum absolute atomic E-state index is 12.6. The molecule has 8 heteroatoms. The van der Waals surface area contributed by atoms with Gasteiger partial charge in [-0.2, -0.15) is 0 Å². The first-order valence-electron chi connectivity index (χ1n) is 9.76. The van der Waals surface area contributed by atoms with Crippen molar-refractivity contribution in [1.82, 2.24) is 4.72 Å². The zero-order valence-corrected chi connectivity index (χ0v) is 17.7. The second-order valence-electron chi connectivity index (χ2n) is 6.83. The summed E-state index contributed by atoms with van der Waals surface area (Å²) in [5.74, 6) is 1.43. The number of sulfonamides is 1. The Bertz CT molecular complexity index is 1290. The molecule has 0 fully saturated rings. The van der Waals surface area contributed by atoms with Crippen LogP contribution in [0.15, 0.2) is 107 Å². The lowest BCUT2D eigenvalue weighted by Gasteiger charge is -2.10. The summed E-state index contributed by atoms with van der Waals surface area (Å²) in [5, 5.41) is 2.72. The molecule has 7 nitrogen and oxygen atoms in total. The van der Waals surface area contributed by atoms with Crippen LogP contribution in [0, 0.1) is 0 Å². The first-order valence-corrected chi connectivity index (χ1v) is 11.2. The molecule has 1 heterocycles. The Kier molecular flexibility index (Phi) is 6.34. The van der Waals surface area contributed by atoms with Gasteiger partial charge >= 0.3 is 0 Å². The van der Waals surface area contributed by atoms with Crippen LogP contribution in [0.3, 0.4) is 0 Å². The molecule has 0 saturated carbocycles. The monoisotopic (exact) mass is 448 g/mol. The molecule has 0 bridgehead atoms. The Morgan fingerprint density at radius 2 is 1.59 bits per heavy atom. The van der Waals surface area contributed by atoms with Crippen LogP contribution in [0.2, 0.25) is 0 Å². The normalized spacial score (nSPS) is 11.1. The Labute approximate surface area is 185 Å². The first kappa shape index (κ1) is 21.4. The number of hydrogen-bond acceptors (Lipinski definition) is 5. The van der Waals surface area contributed by atoms with E-state index in [1.165, 1.54) is 18.4 Å². The summed E-state index contributed by atoms with van der Waals surface area (Å²) >= 11 is 0. The van der Waals surface area contributed by atoms with Gasteiger partial charge in [-0.05, 0) is 66.7 Å². The molecule has 0 atom stereocenters. The summed E-state index contributed by atoms with van der Waals surface area (Å²) in [6.07, 6.45) is 1.47. The van der Waals surface area contributed by atoms with E-state index in [0.29, 0.717) is 28.5 Å². The highest BCUT2D eigenvalue weighted by atomic mass is 32.2. The highest BCUT2D eigenvalue weighted by molar-refractivity contribution is 7.89. The van der Waals surface area contributed by atoms with E-state index in [1.807, 2.05) is 30.3 Å². The number of nitrogens with one attached hydrogen (secondary N) is 2. The lowest BCUT2D eigenvalue weighted by Crippen LogP contribution is -2.23. The molecule has 0 radical (unpaired) electrons. The van der Waals surface area contributed by atoms with Crippen molar-refractivity contribution in [2.45, 2.75) is 11.4 Å². The maximum atomic E-state index is 12.6. The largest absolute Gasteiger partial charge is 0.468 e. The van der Waals surface area contributed by atoms with Gasteiger partial charge in [0, 0.05) is 11.3 Å². The van der Waals surface area contributed by atoms with E-state index in [-0.39, 0.29) is 17.3 Å². The first-order chi connectivity index (χ1) is 15.5. The Morgan fingerprint density at radius 1 is 0.844 bits per heavy atom. The van der Waals surface area contributed by atoms with Gasteiger partial charge in [0.25, 0.3) is 5.91 Å². The average molecular weight is 449 g/mol. The third-order valence-electron chi connectivity index (χ3n) is 4.51. The van der Waals surface area contributed by atoms with Crippen molar-refractivity contribution in [3.05, 3.63) is 109 Å². The highest BCUT2D eigenvalue weighted by Gasteiger charge is 2.16. The zero-order valence-electron chi connectivity index (χ0n) is 16.9. The molecule has 4 aromatic rings. The number of hydrogen-bond donors (Lipinski definition) is 2. The minimum atomic E-state index is -3.77. The van der Waals surface area contributed by atoms with Crippen molar-refractivity contribution >= 4 is 21.6 Å². The van der Waals surface area contributed by atoms with Crippen molar-refractivity contribution in [3.8, 4) is 11.5 Å². The molecule has 0 spiro atoms. The number of para-hydroxylation sites is 1. The molecule has 162 valence electrons.